The Morgan fingerprint density at radius 1 is 0.833 bits per heavy atom. The van der Waals surface area contributed by atoms with Crippen LogP contribution in [-0.4, -0.2) is 4.98 Å². The van der Waals surface area contributed by atoms with Crippen molar-refractivity contribution in [3.05, 3.63) is 42.2 Å². The van der Waals surface area contributed by atoms with Gasteiger partial charge in [-0.3, -0.25) is 4.98 Å². The minimum absolute atomic E-state index is 0.112. The first-order valence-electron chi connectivity index (χ1n) is 6.93. The van der Waals surface area contributed by atoms with E-state index in [0.29, 0.717) is 0 Å². The predicted octanol–water partition coefficient (Wildman–Crippen LogP) is 5.58. The van der Waals surface area contributed by atoms with Crippen LogP contribution >= 0.6 is 0 Å². The van der Waals surface area contributed by atoms with E-state index in [4.69, 9.17) is 0 Å². The second-order valence-electron chi connectivity index (χ2n) is 4.63. The minimum atomic E-state index is 0.112. The van der Waals surface area contributed by atoms with Gasteiger partial charge in [-0.2, -0.15) is 0 Å². The second kappa shape index (κ2) is 7.86. The van der Waals surface area contributed by atoms with Crippen molar-refractivity contribution in [1.82, 2.24) is 4.98 Å². The van der Waals surface area contributed by atoms with Crippen molar-refractivity contribution in [3.63, 3.8) is 0 Å². The van der Waals surface area contributed by atoms with E-state index >= 15 is 0 Å². The summed E-state index contributed by atoms with van der Waals surface area (Å²) < 4.78 is 0. The molecule has 100 valence electrons. The molecular weight excluding hydrogens is 218 g/mol. The third kappa shape index (κ3) is 4.14. The smallest absolute Gasteiger partial charge is 0.0535 e. The van der Waals surface area contributed by atoms with Crippen LogP contribution in [0.15, 0.2) is 36.5 Å². The van der Waals surface area contributed by atoms with Crippen molar-refractivity contribution in [2.75, 3.05) is 0 Å². The average Bonchev–Trinajstić information content (AvgIpc) is 2.41. The topological polar surface area (TPSA) is 12.9 Å². The van der Waals surface area contributed by atoms with Crippen LogP contribution in [0.2, 0.25) is 0 Å². The Labute approximate surface area is 112 Å². The van der Waals surface area contributed by atoms with Gasteiger partial charge in [0.2, 0.25) is 0 Å². The molecule has 1 heteroatoms. The van der Waals surface area contributed by atoms with Gasteiger partial charge in [0.05, 0.1) is 5.69 Å². The first-order valence-corrected chi connectivity index (χ1v) is 6.93. The molecule has 0 aliphatic rings. The fourth-order valence-electron chi connectivity index (χ4n) is 1.72. The van der Waals surface area contributed by atoms with Crippen molar-refractivity contribution in [3.8, 4) is 0 Å². The molecule has 0 saturated heterocycles. The average molecular weight is 245 g/mol. The number of rotatable bonds is 0. The molecule has 1 aromatic heterocycles. The Kier molecular flexibility index (Phi) is 7.26. The molecule has 0 aliphatic heterocycles. The Balaban J connectivity index is 0.000000659. The lowest BCUT2D eigenvalue weighted by atomic mass is 9.88. The zero-order valence-corrected chi connectivity index (χ0v) is 12.9. The summed E-state index contributed by atoms with van der Waals surface area (Å²) in [6.07, 6.45) is 1.89. The molecule has 2 rings (SSSR count). The van der Waals surface area contributed by atoms with Crippen molar-refractivity contribution in [1.29, 1.82) is 0 Å². The number of aromatic nitrogens is 1. The van der Waals surface area contributed by atoms with Crippen LogP contribution < -0.4 is 0 Å². The molecule has 0 bridgehead atoms. The van der Waals surface area contributed by atoms with Crippen LogP contribution in [0.4, 0.5) is 0 Å². The predicted molar refractivity (Wildman–Crippen MR) is 83.1 cm³/mol. The van der Waals surface area contributed by atoms with Crippen molar-refractivity contribution in [2.45, 2.75) is 53.9 Å². The molecule has 1 heterocycles. The lowest BCUT2D eigenvalue weighted by Crippen LogP contribution is -2.13. The second-order valence-corrected chi connectivity index (χ2v) is 4.63. The molecule has 1 nitrogen and oxygen atoms in total. The van der Waals surface area contributed by atoms with E-state index in [0.717, 1.165) is 0 Å². The van der Waals surface area contributed by atoms with Gasteiger partial charge in [-0.05, 0) is 11.5 Å². The van der Waals surface area contributed by atoms with Gasteiger partial charge in [0, 0.05) is 17.0 Å². The van der Waals surface area contributed by atoms with Gasteiger partial charge < -0.3 is 0 Å². The van der Waals surface area contributed by atoms with E-state index in [1.807, 2.05) is 33.9 Å². The molecule has 18 heavy (non-hydrogen) atoms. The molecule has 0 atom stereocenters. The van der Waals surface area contributed by atoms with Crippen molar-refractivity contribution < 1.29 is 0 Å². The molecule has 0 radical (unpaired) electrons. The summed E-state index contributed by atoms with van der Waals surface area (Å²) in [5.41, 5.74) is 1.29. The Hall–Kier alpha value is -1.37. The quantitative estimate of drug-likeness (QED) is 0.590. The standard InChI is InChI=1S/C13H15N.2C2H6/c1-13(2,3)12-11-7-5-4-6-10(11)8-9-14-12;2*1-2/h4-9H,1-3H3;2*1-2H3. The third-order valence-corrected chi connectivity index (χ3v) is 2.38. The van der Waals surface area contributed by atoms with Crippen LogP contribution in [0.1, 0.15) is 54.2 Å². The first kappa shape index (κ1) is 16.6. The van der Waals surface area contributed by atoms with Gasteiger partial charge in [0.15, 0.2) is 0 Å². The van der Waals surface area contributed by atoms with Gasteiger partial charge in [-0.25, -0.2) is 0 Å². The van der Waals surface area contributed by atoms with Crippen LogP contribution in [0.25, 0.3) is 10.8 Å². The number of benzene rings is 1. The maximum atomic E-state index is 4.48. The van der Waals surface area contributed by atoms with E-state index < -0.39 is 0 Å². The van der Waals surface area contributed by atoms with Crippen LogP contribution in [0, 0.1) is 0 Å². The molecule has 0 saturated carbocycles. The molecule has 0 spiro atoms. The highest BCUT2D eigenvalue weighted by molar-refractivity contribution is 5.85. The Morgan fingerprint density at radius 2 is 1.39 bits per heavy atom. The van der Waals surface area contributed by atoms with E-state index in [-0.39, 0.29) is 5.41 Å². The minimum Gasteiger partial charge on any atom is -0.260 e. The maximum Gasteiger partial charge on any atom is 0.0535 e. The van der Waals surface area contributed by atoms with Crippen LogP contribution in [0.5, 0.6) is 0 Å². The largest absolute Gasteiger partial charge is 0.260 e. The van der Waals surface area contributed by atoms with Gasteiger partial charge in [-0.15, -0.1) is 0 Å². The van der Waals surface area contributed by atoms with Crippen molar-refractivity contribution in [2.24, 2.45) is 0 Å². The SMILES string of the molecule is CC.CC.CC(C)(C)c1nccc2ccccc12. The first-order chi connectivity index (χ1) is 8.59. The van der Waals surface area contributed by atoms with E-state index in [1.54, 1.807) is 0 Å². The van der Waals surface area contributed by atoms with Crippen molar-refractivity contribution >= 4 is 10.8 Å². The number of fused-ring (bicyclic) bond motifs is 1. The molecule has 0 fully saturated rings. The van der Waals surface area contributed by atoms with Gasteiger partial charge >= 0.3 is 0 Å². The molecule has 0 N–H and O–H groups in total. The zero-order chi connectivity index (χ0) is 14.2. The van der Waals surface area contributed by atoms with Crippen LogP contribution in [-0.2, 0) is 5.41 Å². The fourth-order valence-corrected chi connectivity index (χ4v) is 1.72. The molecule has 0 unspecified atom stereocenters. The molecular formula is C17H27N. The van der Waals surface area contributed by atoms with Gasteiger partial charge in [-0.1, -0.05) is 72.7 Å². The Bertz CT molecular complexity index is 447. The van der Waals surface area contributed by atoms with E-state index in [2.05, 4.69) is 56.1 Å². The number of nitrogens with zero attached hydrogens (tertiary/aromatic N) is 1. The summed E-state index contributed by atoms with van der Waals surface area (Å²) in [4.78, 5) is 4.48. The summed E-state index contributed by atoms with van der Waals surface area (Å²) in [6.45, 7) is 14.6. The molecule has 2 aromatic rings. The highest BCUT2D eigenvalue weighted by Gasteiger charge is 2.17. The van der Waals surface area contributed by atoms with E-state index in [1.165, 1.54) is 16.5 Å². The lowest BCUT2D eigenvalue weighted by Gasteiger charge is -2.19. The summed E-state index contributed by atoms with van der Waals surface area (Å²) in [5.74, 6) is 0. The maximum absolute atomic E-state index is 4.48. The number of pyridine rings is 1. The number of hydrogen-bond donors (Lipinski definition) is 0. The highest BCUT2D eigenvalue weighted by Crippen LogP contribution is 2.27. The molecule has 1 aromatic carbocycles. The zero-order valence-electron chi connectivity index (χ0n) is 12.9. The molecule has 0 aliphatic carbocycles. The Morgan fingerprint density at radius 3 is 1.94 bits per heavy atom. The summed E-state index contributed by atoms with van der Waals surface area (Å²) in [7, 11) is 0. The molecule has 0 amide bonds. The normalized spacial score (nSPS) is 9.94. The summed E-state index contributed by atoms with van der Waals surface area (Å²) >= 11 is 0. The van der Waals surface area contributed by atoms with Gasteiger partial charge in [0.1, 0.15) is 0 Å². The third-order valence-electron chi connectivity index (χ3n) is 2.38. The summed E-state index contributed by atoms with van der Waals surface area (Å²) in [6, 6.07) is 10.5. The summed E-state index contributed by atoms with van der Waals surface area (Å²) in [5, 5.41) is 2.54. The van der Waals surface area contributed by atoms with E-state index in [9.17, 15) is 0 Å². The monoisotopic (exact) mass is 245 g/mol. The lowest BCUT2D eigenvalue weighted by molar-refractivity contribution is 0.575. The van der Waals surface area contributed by atoms with Gasteiger partial charge in [0.25, 0.3) is 0 Å². The number of hydrogen-bond acceptors (Lipinski definition) is 1. The van der Waals surface area contributed by atoms with Crippen LogP contribution in [0.3, 0.4) is 0 Å². The fraction of sp³-hybridized carbons (Fsp3) is 0.471. The highest BCUT2D eigenvalue weighted by atomic mass is 14.7.